The number of hydrogen-bond acceptors (Lipinski definition) is 3. The van der Waals surface area contributed by atoms with Crippen LogP contribution in [0, 0.1) is 5.92 Å². The van der Waals surface area contributed by atoms with Crippen molar-refractivity contribution in [2.75, 3.05) is 13.1 Å². The smallest absolute Gasteiger partial charge is 0.224 e. The van der Waals surface area contributed by atoms with Gasteiger partial charge in [-0.2, -0.15) is 0 Å². The minimum atomic E-state index is 0.234. The fraction of sp³-hybridized carbons (Fsp3) is 0.600. The monoisotopic (exact) mass is 342 g/mol. The topological polar surface area (TPSA) is 50.2 Å². The number of nitrogens with one attached hydrogen (secondary N) is 1. The number of carbonyl (C=O) groups is 1. The van der Waals surface area contributed by atoms with Gasteiger partial charge in [-0.1, -0.05) is 32.9 Å². The molecule has 0 bridgehead atoms. The number of para-hydroxylation sites is 2. The van der Waals surface area contributed by atoms with Gasteiger partial charge in [-0.25, -0.2) is 4.98 Å². The summed E-state index contributed by atoms with van der Waals surface area (Å²) in [4.78, 5) is 18.8. The average Bonchev–Trinajstić information content (AvgIpc) is 3.11. The summed E-state index contributed by atoms with van der Waals surface area (Å²) in [6.07, 6.45) is 2.76. The lowest BCUT2D eigenvalue weighted by molar-refractivity contribution is -0.127. The van der Waals surface area contributed by atoms with E-state index in [9.17, 15) is 4.79 Å². The second kappa shape index (κ2) is 8.00. The Kier molecular flexibility index (Phi) is 5.74. The van der Waals surface area contributed by atoms with Crippen LogP contribution in [0.3, 0.4) is 0 Å². The summed E-state index contributed by atoms with van der Waals surface area (Å²) in [5.41, 5.74) is 2.26. The third-order valence-corrected chi connectivity index (χ3v) is 4.92. The van der Waals surface area contributed by atoms with Crippen LogP contribution in [0.4, 0.5) is 0 Å². The van der Waals surface area contributed by atoms with Gasteiger partial charge in [-0.05, 0) is 30.9 Å². The Bertz CT molecular complexity index is 722. The van der Waals surface area contributed by atoms with Crippen molar-refractivity contribution < 1.29 is 4.79 Å². The van der Waals surface area contributed by atoms with E-state index in [1.54, 1.807) is 0 Å². The summed E-state index contributed by atoms with van der Waals surface area (Å²) in [7, 11) is 0. The van der Waals surface area contributed by atoms with Crippen molar-refractivity contribution in [2.45, 2.75) is 59.2 Å². The standard InChI is InChI=1S/C20H30N4O/c1-4-10-23-14-16(12-20(23)25)21-13-19-22-17-7-5-6-8-18(17)24(19)11-9-15(2)3/h5-8,15-16,21H,4,9-14H2,1-3H3. The molecule has 5 nitrogen and oxygen atoms in total. The number of benzene rings is 1. The average molecular weight is 342 g/mol. The molecule has 0 saturated carbocycles. The van der Waals surface area contributed by atoms with Crippen LogP contribution in [-0.2, 0) is 17.9 Å². The first-order valence-electron chi connectivity index (χ1n) is 9.53. The van der Waals surface area contributed by atoms with E-state index in [1.165, 1.54) is 5.52 Å². The second-order valence-electron chi connectivity index (χ2n) is 7.47. The van der Waals surface area contributed by atoms with Crippen LogP contribution in [0.5, 0.6) is 0 Å². The van der Waals surface area contributed by atoms with Gasteiger partial charge >= 0.3 is 0 Å². The lowest BCUT2D eigenvalue weighted by atomic mass is 10.1. The van der Waals surface area contributed by atoms with Gasteiger partial charge in [0.2, 0.25) is 5.91 Å². The van der Waals surface area contributed by atoms with Crippen molar-refractivity contribution >= 4 is 16.9 Å². The Hall–Kier alpha value is -1.88. The summed E-state index contributed by atoms with van der Waals surface area (Å²) < 4.78 is 2.34. The lowest BCUT2D eigenvalue weighted by Gasteiger charge is -2.16. The highest BCUT2D eigenvalue weighted by Gasteiger charge is 2.28. The number of aromatic nitrogens is 2. The van der Waals surface area contributed by atoms with Gasteiger partial charge < -0.3 is 14.8 Å². The molecule has 1 N–H and O–H groups in total. The largest absolute Gasteiger partial charge is 0.341 e. The molecular formula is C20H30N4O. The molecule has 1 fully saturated rings. The highest BCUT2D eigenvalue weighted by atomic mass is 16.2. The number of amides is 1. The number of carbonyl (C=O) groups excluding carboxylic acids is 1. The third kappa shape index (κ3) is 4.21. The SMILES string of the molecule is CCCN1CC(NCc2nc3ccccc3n2CCC(C)C)CC1=O. The molecule has 136 valence electrons. The molecule has 1 aromatic heterocycles. The van der Waals surface area contributed by atoms with Gasteiger partial charge in [-0.15, -0.1) is 0 Å². The fourth-order valence-corrected chi connectivity index (χ4v) is 3.53. The number of likely N-dealkylation sites (tertiary alicyclic amines) is 1. The summed E-state index contributed by atoms with van der Waals surface area (Å²) in [5, 5.41) is 3.56. The van der Waals surface area contributed by atoms with E-state index in [4.69, 9.17) is 4.98 Å². The Balaban J connectivity index is 1.70. The maximum absolute atomic E-state index is 12.0. The molecule has 3 rings (SSSR count). The number of rotatable bonds is 8. The van der Waals surface area contributed by atoms with Gasteiger partial charge in [0, 0.05) is 32.1 Å². The zero-order valence-electron chi connectivity index (χ0n) is 15.7. The number of aryl methyl sites for hydroxylation is 1. The first-order valence-corrected chi connectivity index (χ1v) is 9.53. The molecule has 2 heterocycles. The van der Waals surface area contributed by atoms with Crippen molar-refractivity contribution in [1.29, 1.82) is 0 Å². The molecule has 1 atom stereocenters. The molecule has 1 aliphatic rings. The van der Waals surface area contributed by atoms with E-state index in [1.807, 2.05) is 11.0 Å². The van der Waals surface area contributed by atoms with Gasteiger partial charge in [0.15, 0.2) is 0 Å². The Morgan fingerprint density at radius 2 is 2.08 bits per heavy atom. The van der Waals surface area contributed by atoms with Crippen molar-refractivity contribution in [3.05, 3.63) is 30.1 Å². The predicted octanol–water partition coefficient (Wildman–Crippen LogP) is 3.18. The van der Waals surface area contributed by atoms with Gasteiger partial charge in [0.05, 0.1) is 17.6 Å². The van der Waals surface area contributed by atoms with Crippen molar-refractivity contribution in [2.24, 2.45) is 5.92 Å². The Morgan fingerprint density at radius 1 is 1.28 bits per heavy atom. The molecular weight excluding hydrogens is 312 g/mol. The van der Waals surface area contributed by atoms with Crippen LogP contribution in [0.15, 0.2) is 24.3 Å². The summed E-state index contributed by atoms with van der Waals surface area (Å²) >= 11 is 0. The molecule has 0 aliphatic carbocycles. The normalized spacial score (nSPS) is 18.0. The van der Waals surface area contributed by atoms with E-state index in [-0.39, 0.29) is 11.9 Å². The number of nitrogens with zero attached hydrogens (tertiary/aromatic N) is 3. The quantitative estimate of drug-likeness (QED) is 0.801. The molecule has 0 radical (unpaired) electrons. The number of imidazole rings is 1. The molecule has 1 amide bonds. The van der Waals surface area contributed by atoms with Gasteiger partial charge in [-0.3, -0.25) is 4.79 Å². The van der Waals surface area contributed by atoms with Crippen LogP contribution >= 0.6 is 0 Å². The fourth-order valence-electron chi connectivity index (χ4n) is 3.53. The highest BCUT2D eigenvalue weighted by Crippen LogP contribution is 2.19. The van der Waals surface area contributed by atoms with E-state index < -0.39 is 0 Å². The summed E-state index contributed by atoms with van der Waals surface area (Å²) in [5.74, 6) is 2.01. The zero-order chi connectivity index (χ0) is 17.8. The van der Waals surface area contributed by atoms with E-state index in [0.717, 1.165) is 43.8 Å². The first-order chi connectivity index (χ1) is 12.1. The molecule has 0 spiro atoms. The maximum atomic E-state index is 12.0. The van der Waals surface area contributed by atoms with Crippen molar-refractivity contribution in [3.8, 4) is 0 Å². The van der Waals surface area contributed by atoms with E-state index >= 15 is 0 Å². The molecule has 5 heteroatoms. The first kappa shape index (κ1) is 17.9. The van der Waals surface area contributed by atoms with E-state index in [2.05, 4.69) is 48.9 Å². The number of hydrogen-bond donors (Lipinski definition) is 1. The van der Waals surface area contributed by atoms with Gasteiger partial charge in [0.1, 0.15) is 5.82 Å². The predicted molar refractivity (Wildman–Crippen MR) is 101 cm³/mol. The van der Waals surface area contributed by atoms with Crippen LogP contribution in [0.25, 0.3) is 11.0 Å². The third-order valence-electron chi connectivity index (χ3n) is 4.92. The van der Waals surface area contributed by atoms with Crippen LogP contribution in [-0.4, -0.2) is 39.5 Å². The van der Waals surface area contributed by atoms with Crippen LogP contribution < -0.4 is 5.32 Å². The summed E-state index contributed by atoms with van der Waals surface area (Å²) in [6, 6.07) is 8.57. The van der Waals surface area contributed by atoms with Crippen LogP contribution in [0.1, 0.15) is 45.9 Å². The highest BCUT2D eigenvalue weighted by molar-refractivity contribution is 5.79. The van der Waals surface area contributed by atoms with Crippen LogP contribution in [0.2, 0.25) is 0 Å². The minimum absolute atomic E-state index is 0.234. The Morgan fingerprint density at radius 3 is 2.84 bits per heavy atom. The molecule has 25 heavy (non-hydrogen) atoms. The maximum Gasteiger partial charge on any atom is 0.224 e. The van der Waals surface area contributed by atoms with Crippen molar-refractivity contribution in [1.82, 2.24) is 19.8 Å². The molecule has 1 aliphatic heterocycles. The zero-order valence-corrected chi connectivity index (χ0v) is 15.7. The Labute approximate surface area is 150 Å². The molecule has 2 aromatic rings. The lowest BCUT2D eigenvalue weighted by Crippen LogP contribution is -2.33. The van der Waals surface area contributed by atoms with E-state index in [0.29, 0.717) is 18.9 Å². The van der Waals surface area contributed by atoms with Crippen molar-refractivity contribution in [3.63, 3.8) is 0 Å². The molecule has 1 saturated heterocycles. The van der Waals surface area contributed by atoms with Gasteiger partial charge in [0.25, 0.3) is 0 Å². The number of fused-ring (bicyclic) bond motifs is 1. The minimum Gasteiger partial charge on any atom is -0.341 e. The molecule has 1 unspecified atom stereocenters. The summed E-state index contributed by atoms with van der Waals surface area (Å²) in [6.45, 7) is 10.0. The molecule has 1 aromatic carbocycles. The second-order valence-corrected chi connectivity index (χ2v) is 7.47.